The number of pyridine rings is 3. The third-order valence-electron chi connectivity index (χ3n) is 5.99. The summed E-state index contributed by atoms with van der Waals surface area (Å²) in [5, 5.41) is 11.0. The molecule has 0 bridgehead atoms. The second-order valence-electron chi connectivity index (χ2n) is 8.20. The van der Waals surface area contributed by atoms with Gasteiger partial charge in [-0.2, -0.15) is 5.10 Å². The van der Waals surface area contributed by atoms with Crippen LogP contribution in [0.15, 0.2) is 43.1 Å². The van der Waals surface area contributed by atoms with Crippen molar-refractivity contribution in [2.75, 3.05) is 18.4 Å². The molecule has 0 aromatic carbocycles. The maximum Gasteiger partial charge on any atom is 0.257 e. The Morgan fingerprint density at radius 2 is 1.75 bits per heavy atom. The van der Waals surface area contributed by atoms with E-state index in [-0.39, 0.29) is 11.8 Å². The van der Waals surface area contributed by atoms with Crippen molar-refractivity contribution in [2.45, 2.75) is 27.2 Å². The number of aromatic nitrogens is 7. The number of hydrogen-bond donors (Lipinski definition) is 3. The van der Waals surface area contributed by atoms with Crippen molar-refractivity contribution in [3.63, 3.8) is 0 Å². The first-order chi connectivity index (χ1) is 17.5. The summed E-state index contributed by atoms with van der Waals surface area (Å²) in [6, 6.07) is 3.79. The molecule has 182 valence electrons. The van der Waals surface area contributed by atoms with Crippen molar-refractivity contribution in [3.05, 3.63) is 48.7 Å². The van der Waals surface area contributed by atoms with Gasteiger partial charge in [0, 0.05) is 49.2 Å². The summed E-state index contributed by atoms with van der Waals surface area (Å²) in [5.74, 6) is 0.297. The number of carbonyl (C=O) groups is 2. The van der Waals surface area contributed by atoms with E-state index in [1.807, 2.05) is 26.0 Å². The molecule has 0 radical (unpaired) electrons. The zero-order chi connectivity index (χ0) is 25.2. The fourth-order valence-corrected chi connectivity index (χ4v) is 4.04. The van der Waals surface area contributed by atoms with Crippen LogP contribution >= 0.6 is 0 Å². The van der Waals surface area contributed by atoms with Gasteiger partial charge < -0.3 is 15.2 Å². The fraction of sp³-hybridized carbons (Fsp3) is 0.240. The molecule has 3 N–H and O–H groups in total. The van der Waals surface area contributed by atoms with Crippen molar-refractivity contribution >= 4 is 39.6 Å². The first-order valence-corrected chi connectivity index (χ1v) is 11.7. The summed E-state index contributed by atoms with van der Waals surface area (Å²) in [5.41, 5.74) is 5.01. The molecule has 0 atom stereocenters. The van der Waals surface area contributed by atoms with E-state index in [2.05, 4.69) is 35.5 Å². The standard InChI is InChI=1S/C25H25N9O2/c1-4-20(35)29-16-7-14(9-26-11-16)15-8-17-22(32-33-23(17)28-10-15)24-30-19-13-27-12-18(21(19)31-24)25(36)34(5-2)6-3/h7-13H,4-6H2,1-3H3,(H,29,35)(H,30,31)(H,28,32,33). The molecule has 11 heteroatoms. The number of fused-ring (bicyclic) bond motifs is 2. The molecule has 0 unspecified atom stereocenters. The van der Waals surface area contributed by atoms with Gasteiger partial charge in [-0.05, 0) is 26.0 Å². The van der Waals surface area contributed by atoms with Crippen molar-refractivity contribution < 1.29 is 9.59 Å². The molecule has 0 aliphatic rings. The Hall–Kier alpha value is -4.67. The molecule has 0 fully saturated rings. The minimum Gasteiger partial charge on any atom is -0.339 e. The average molecular weight is 484 g/mol. The molecule has 2 amide bonds. The summed E-state index contributed by atoms with van der Waals surface area (Å²) >= 11 is 0. The van der Waals surface area contributed by atoms with Crippen LogP contribution in [-0.2, 0) is 4.79 Å². The van der Waals surface area contributed by atoms with E-state index in [1.54, 1.807) is 42.8 Å². The lowest BCUT2D eigenvalue weighted by Crippen LogP contribution is -2.30. The van der Waals surface area contributed by atoms with Crippen LogP contribution < -0.4 is 5.32 Å². The van der Waals surface area contributed by atoms with Crippen LogP contribution in [0, 0.1) is 0 Å². The predicted molar refractivity (Wildman–Crippen MR) is 136 cm³/mol. The molecule has 36 heavy (non-hydrogen) atoms. The molecule has 0 saturated heterocycles. The van der Waals surface area contributed by atoms with Crippen molar-refractivity contribution in [1.82, 2.24) is 40.0 Å². The van der Waals surface area contributed by atoms with E-state index >= 15 is 0 Å². The smallest absolute Gasteiger partial charge is 0.257 e. The van der Waals surface area contributed by atoms with Gasteiger partial charge >= 0.3 is 0 Å². The van der Waals surface area contributed by atoms with Gasteiger partial charge in [-0.3, -0.25) is 24.7 Å². The van der Waals surface area contributed by atoms with Crippen molar-refractivity contribution in [3.8, 4) is 22.6 Å². The second-order valence-corrected chi connectivity index (χ2v) is 8.20. The van der Waals surface area contributed by atoms with Gasteiger partial charge in [0.2, 0.25) is 5.91 Å². The van der Waals surface area contributed by atoms with Gasteiger partial charge in [-0.25, -0.2) is 9.97 Å². The SMILES string of the molecule is CCC(=O)Nc1cncc(-c2cnc3[nH]nc(-c4nc5c(C(=O)N(CC)CC)cncc5[nH]4)c3c2)c1. The molecular formula is C25H25N9O2. The monoisotopic (exact) mass is 483 g/mol. The Labute approximate surface area is 206 Å². The number of aromatic amines is 2. The first-order valence-electron chi connectivity index (χ1n) is 11.7. The number of nitrogens with one attached hydrogen (secondary N) is 3. The number of nitrogens with zero attached hydrogens (tertiary/aromatic N) is 6. The topological polar surface area (TPSA) is 145 Å². The Kier molecular flexibility index (Phi) is 6.11. The van der Waals surface area contributed by atoms with Gasteiger partial charge in [0.25, 0.3) is 5.91 Å². The maximum absolute atomic E-state index is 13.0. The van der Waals surface area contributed by atoms with Crippen LogP contribution in [0.3, 0.4) is 0 Å². The molecule has 0 aliphatic carbocycles. The summed E-state index contributed by atoms with van der Waals surface area (Å²) in [6.45, 7) is 6.86. The molecule has 0 aliphatic heterocycles. The van der Waals surface area contributed by atoms with Crippen molar-refractivity contribution in [2.24, 2.45) is 0 Å². The molecule has 5 aromatic rings. The highest BCUT2D eigenvalue weighted by Gasteiger charge is 2.21. The van der Waals surface area contributed by atoms with Crippen molar-refractivity contribution in [1.29, 1.82) is 0 Å². The number of rotatable bonds is 7. The number of anilines is 1. The fourth-order valence-electron chi connectivity index (χ4n) is 4.04. The highest BCUT2D eigenvalue weighted by Crippen LogP contribution is 2.30. The minimum atomic E-state index is -0.116. The van der Waals surface area contributed by atoms with Gasteiger partial charge in [-0.1, -0.05) is 6.92 Å². The van der Waals surface area contributed by atoms with Crippen LogP contribution in [0.2, 0.25) is 0 Å². The van der Waals surface area contributed by atoms with Crippen LogP contribution in [0.1, 0.15) is 37.6 Å². The van der Waals surface area contributed by atoms with E-state index in [1.165, 1.54) is 0 Å². The van der Waals surface area contributed by atoms with E-state index in [0.29, 0.717) is 59.0 Å². The number of imidazole rings is 1. The highest BCUT2D eigenvalue weighted by molar-refractivity contribution is 6.05. The number of H-pyrrole nitrogens is 2. The van der Waals surface area contributed by atoms with Crippen LogP contribution in [0.4, 0.5) is 5.69 Å². The van der Waals surface area contributed by atoms with Crippen LogP contribution in [0.5, 0.6) is 0 Å². The van der Waals surface area contributed by atoms with Gasteiger partial charge in [0.1, 0.15) is 11.2 Å². The largest absolute Gasteiger partial charge is 0.339 e. The minimum absolute atomic E-state index is 0.0853. The molecule has 5 rings (SSSR count). The second kappa shape index (κ2) is 9.53. The van der Waals surface area contributed by atoms with E-state index < -0.39 is 0 Å². The number of amides is 2. The third kappa shape index (κ3) is 4.15. The summed E-state index contributed by atoms with van der Waals surface area (Å²) in [6.07, 6.45) is 8.61. The maximum atomic E-state index is 13.0. The average Bonchev–Trinajstić information content (AvgIpc) is 3.53. The Morgan fingerprint density at radius 3 is 2.53 bits per heavy atom. The Balaban J connectivity index is 1.56. The molecule has 5 aromatic heterocycles. The van der Waals surface area contributed by atoms with E-state index in [9.17, 15) is 9.59 Å². The first kappa shape index (κ1) is 23.1. The molecular weight excluding hydrogens is 458 g/mol. The molecule has 0 saturated carbocycles. The normalized spacial score (nSPS) is 11.2. The predicted octanol–water partition coefficient (Wildman–Crippen LogP) is 3.79. The molecule has 0 spiro atoms. The van der Waals surface area contributed by atoms with E-state index in [0.717, 1.165) is 16.5 Å². The number of hydrogen-bond acceptors (Lipinski definition) is 7. The zero-order valence-electron chi connectivity index (χ0n) is 20.2. The van der Waals surface area contributed by atoms with Crippen LogP contribution in [0.25, 0.3) is 44.7 Å². The lowest BCUT2D eigenvalue weighted by Gasteiger charge is -2.18. The lowest BCUT2D eigenvalue weighted by molar-refractivity contribution is -0.115. The molecule has 5 heterocycles. The molecule has 11 nitrogen and oxygen atoms in total. The third-order valence-corrected chi connectivity index (χ3v) is 5.99. The highest BCUT2D eigenvalue weighted by atomic mass is 16.2. The van der Waals surface area contributed by atoms with E-state index in [4.69, 9.17) is 4.98 Å². The summed E-state index contributed by atoms with van der Waals surface area (Å²) < 4.78 is 0. The Bertz CT molecular complexity index is 1580. The lowest BCUT2D eigenvalue weighted by atomic mass is 10.1. The zero-order valence-corrected chi connectivity index (χ0v) is 20.2. The Morgan fingerprint density at radius 1 is 0.972 bits per heavy atom. The summed E-state index contributed by atoms with van der Waals surface area (Å²) in [4.78, 5) is 47.5. The van der Waals surface area contributed by atoms with Crippen LogP contribution in [-0.4, -0.2) is 64.9 Å². The summed E-state index contributed by atoms with van der Waals surface area (Å²) in [7, 11) is 0. The number of carbonyl (C=O) groups excluding carboxylic acids is 2. The quantitative estimate of drug-likeness (QED) is 0.319. The van der Waals surface area contributed by atoms with Gasteiger partial charge in [0.05, 0.1) is 34.5 Å². The van der Waals surface area contributed by atoms with Gasteiger partial charge in [-0.15, -0.1) is 0 Å². The van der Waals surface area contributed by atoms with Gasteiger partial charge in [0.15, 0.2) is 11.5 Å².